The van der Waals surface area contributed by atoms with Crippen molar-refractivity contribution < 1.29 is 30.6 Å². The maximum absolute atomic E-state index is 10.4. The highest BCUT2D eigenvalue weighted by molar-refractivity contribution is 4.69. The monoisotopic (exact) mass is 439 g/mol. The maximum Gasteiger partial charge on any atom is 0.108 e. The van der Waals surface area contributed by atoms with Crippen LogP contribution in [-0.4, -0.2) is 123 Å². The highest BCUT2D eigenvalue weighted by atomic mass is 16.3. The first kappa shape index (κ1) is 29.6. The molecule has 11 nitrogen and oxygen atoms in total. The molecule has 0 fully saturated rings. The van der Waals surface area contributed by atoms with Crippen molar-refractivity contribution in [1.29, 1.82) is 0 Å². The summed E-state index contributed by atoms with van der Waals surface area (Å²) >= 11 is 0. The van der Waals surface area contributed by atoms with Crippen molar-refractivity contribution in [2.45, 2.75) is 78.1 Å². The second-order valence-corrected chi connectivity index (χ2v) is 7.50. The van der Waals surface area contributed by atoms with Gasteiger partial charge in [-0.1, -0.05) is 13.8 Å². The minimum absolute atomic E-state index is 0.140. The lowest BCUT2D eigenvalue weighted by atomic mass is 10.3. The van der Waals surface area contributed by atoms with E-state index in [0.29, 0.717) is 45.7 Å². The van der Waals surface area contributed by atoms with E-state index in [1.807, 2.05) is 18.7 Å². The molecule has 0 spiro atoms. The Morgan fingerprint density at radius 2 is 1.33 bits per heavy atom. The number of hydrogen-bond donors (Lipinski definition) is 8. The van der Waals surface area contributed by atoms with Crippen LogP contribution in [0.5, 0.6) is 0 Å². The van der Waals surface area contributed by atoms with Crippen molar-refractivity contribution in [2.24, 2.45) is 0 Å². The molecule has 0 saturated heterocycles. The molecule has 30 heavy (non-hydrogen) atoms. The molecule has 11 heteroatoms. The summed E-state index contributed by atoms with van der Waals surface area (Å²) in [5.74, 6) is 0. The van der Waals surface area contributed by atoms with Crippen LogP contribution in [0.2, 0.25) is 0 Å². The molecule has 0 bridgehead atoms. The third-order valence-corrected chi connectivity index (χ3v) is 4.98. The molecule has 0 aliphatic heterocycles. The maximum atomic E-state index is 10.4. The van der Waals surface area contributed by atoms with Crippen LogP contribution in [0.25, 0.3) is 0 Å². The molecule has 0 aromatic heterocycles. The van der Waals surface area contributed by atoms with E-state index in [4.69, 9.17) is 5.11 Å². The molecule has 0 radical (unpaired) electrons. The van der Waals surface area contributed by atoms with Crippen molar-refractivity contribution in [1.82, 2.24) is 25.3 Å². The Bertz CT molecular complexity index is 408. The Morgan fingerprint density at radius 3 is 1.83 bits per heavy atom. The summed E-state index contributed by atoms with van der Waals surface area (Å²) < 4.78 is 0. The number of hydrogen-bond acceptors (Lipinski definition) is 11. The molecule has 0 heterocycles. The Hall–Kier alpha value is -0.440. The van der Waals surface area contributed by atoms with Gasteiger partial charge in [-0.05, 0) is 26.7 Å². The summed E-state index contributed by atoms with van der Waals surface area (Å²) in [5, 5.41) is 64.6. The smallest absolute Gasteiger partial charge is 0.108 e. The molecule has 0 amide bonds. The predicted molar refractivity (Wildman–Crippen MR) is 115 cm³/mol. The summed E-state index contributed by atoms with van der Waals surface area (Å²) in [5.41, 5.74) is 0. The predicted octanol–water partition coefficient (Wildman–Crippen LogP) is -2.18. The van der Waals surface area contributed by atoms with Gasteiger partial charge in [-0.15, -0.1) is 0 Å². The molecule has 0 aromatic carbocycles. The molecular formula is C19H45N5O6. The summed E-state index contributed by atoms with van der Waals surface area (Å²) in [4.78, 5) is 5.28. The van der Waals surface area contributed by atoms with Gasteiger partial charge in [0.2, 0.25) is 0 Å². The summed E-state index contributed by atoms with van der Waals surface area (Å²) in [6, 6.07) is 0. The van der Waals surface area contributed by atoms with E-state index in [1.54, 1.807) is 23.6 Å². The third-order valence-electron chi connectivity index (χ3n) is 4.98. The van der Waals surface area contributed by atoms with Crippen molar-refractivity contribution in [3.63, 3.8) is 0 Å². The van der Waals surface area contributed by atoms with Crippen LogP contribution < -0.4 is 10.6 Å². The molecule has 5 unspecified atom stereocenters. The van der Waals surface area contributed by atoms with Crippen molar-refractivity contribution in [3.8, 4) is 0 Å². The lowest BCUT2D eigenvalue weighted by Gasteiger charge is -2.36. The standard InChI is InChI=1S/C19H45N5O6/c1-5-17(28)20-8-9-24(19(30)6-2)14-23(16(4)27)11-10-22(15(3)26)13-21-18(29)7-12-25/h15-21,25-30H,5-14H2,1-4H3. The van der Waals surface area contributed by atoms with Gasteiger partial charge in [-0.2, -0.15) is 0 Å². The van der Waals surface area contributed by atoms with Crippen LogP contribution in [0, 0.1) is 0 Å². The molecule has 8 N–H and O–H groups in total. The molecule has 5 atom stereocenters. The largest absolute Gasteiger partial charge is 0.396 e. The first-order valence-corrected chi connectivity index (χ1v) is 10.9. The van der Waals surface area contributed by atoms with Crippen LogP contribution in [0.4, 0.5) is 0 Å². The number of nitrogens with one attached hydrogen (secondary N) is 2. The second kappa shape index (κ2) is 17.2. The van der Waals surface area contributed by atoms with Crippen molar-refractivity contribution >= 4 is 0 Å². The highest BCUT2D eigenvalue weighted by Crippen LogP contribution is 2.07. The van der Waals surface area contributed by atoms with E-state index >= 15 is 0 Å². The Balaban J connectivity index is 4.82. The minimum atomic E-state index is -0.870. The fourth-order valence-corrected chi connectivity index (χ4v) is 2.80. The van der Waals surface area contributed by atoms with E-state index in [-0.39, 0.29) is 19.7 Å². The van der Waals surface area contributed by atoms with Crippen molar-refractivity contribution in [3.05, 3.63) is 0 Å². The SMILES string of the molecule is CCC(O)NCCN(CN(CCN(CNC(O)CCO)C(C)O)C(C)O)C(O)CC. The Labute approximate surface area is 180 Å². The summed E-state index contributed by atoms with van der Waals surface area (Å²) in [6.07, 6.45) is -2.38. The van der Waals surface area contributed by atoms with E-state index in [0.717, 1.165) is 0 Å². The minimum Gasteiger partial charge on any atom is -0.396 e. The summed E-state index contributed by atoms with van der Waals surface area (Å²) in [7, 11) is 0. The lowest BCUT2D eigenvalue weighted by molar-refractivity contribution is -0.0833. The molecule has 0 aromatic rings. The van der Waals surface area contributed by atoms with E-state index in [1.165, 1.54) is 0 Å². The van der Waals surface area contributed by atoms with Crippen molar-refractivity contribution in [2.75, 3.05) is 46.1 Å². The first-order valence-electron chi connectivity index (χ1n) is 10.9. The van der Waals surface area contributed by atoms with Gasteiger partial charge in [0.15, 0.2) is 0 Å². The van der Waals surface area contributed by atoms with Gasteiger partial charge < -0.3 is 30.6 Å². The topological polar surface area (TPSA) is 155 Å². The normalized spacial score (nSPS) is 17.5. The zero-order valence-corrected chi connectivity index (χ0v) is 19.0. The zero-order valence-electron chi connectivity index (χ0n) is 19.0. The van der Waals surface area contributed by atoms with E-state index < -0.39 is 31.1 Å². The van der Waals surface area contributed by atoms with Gasteiger partial charge in [0.1, 0.15) is 31.1 Å². The Morgan fingerprint density at radius 1 is 0.733 bits per heavy atom. The lowest BCUT2D eigenvalue weighted by Crippen LogP contribution is -2.52. The molecular weight excluding hydrogens is 394 g/mol. The quantitative estimate of drug-likeness (QED) is 0.104. The average molecular weight is 440 g/mol. The van der Waals surface area contributed by atoms with E-state index in [9.17, 15) is 25.5 Å². The molecule has 182 valence electrons. The molecule has 0 rings (SSSR count). The first-order chi connectivity index (χ1) is 14.2. The number of nitrogens with zero attached hydrogens (tertiary/aromatic N) is 3. The summed E-state index contributed by atoms with van der Waals surface area (Å²) in [6.45, 7) is 9.19. The fourth-order valence-electron chi connectivity index (χ4n) is 2.80. The molecule has 0 aliphatic carbocycles. The molecule has 0 saturated carbocycles. The van der Waals surface area contributed by atoms with Gasteiger partial charge in [0.25, 0.3) is 0 Å². The Kier molecular flexibility index (Phi) is 16.9. The van der Waals surface area contributed by atoms with Gasteiger partial charge in [-0.25, -0.2) is 0 Å². The third kappa shape index (κ3) is 13.1. The van der Waals surface area contributed by atoms with E-state index in [2.05, 4.69) is 10.6 Å². The fraction of sp³-hybridized carbons (Fsp3) is 1.00. The highest BCUT2D eigenvalue weighted by Gasteiger charge is 2.22. The van der Waals surface area contributed by atoms with Gasteiger partial charge in [0, 0.05) is 39.2 Å². The van der Waals surface area contributed by atoms with Crippen LogP contribution in [0.3, 0.4) is 0 Å². The van der Waals surface area contributed by atoms with Crippen LogP contribution in [0.15, 0.2) is 0 Å². The average Bonchev–Trinajstić information content (AvgIpc) is 2.70. The van der Waals surface area contributed by atoms with Crippen LogP contribution >= 0.6 is 0 Å². The van der Waals surface area contributed by atoms with Gasteiger partial charge in [-0.3, -0.25) is 25.3 Å². The van der Waals surface area contributed by atoms with Gasteiger partial charge in [0.05, 0.1) is 13.3 Å². The number of rotatable bonds is 19. The van der Waals surface area contributed by atoms with Gasteiger partial charge >= 0.3 is 0 Å². The molecule has 0 aliphatic rings. The zero-order chi connectivity index (χ0) is 23.1. The number of aliphatic hydroxyl groups is 6. The number of aliphatic hydroxyl groups excluding tert-OH is 6. The van der Waals surface area contributed by atoms with Crippen LogP contribution in [0.1, 0.15) is 47.0 Å². The second-order valence-electron chi connectivity index (χ2n) is 7.50. The van der Waals surface area contributed by atoms with Crippen LogP contribution in [-0.2, 0) is 0 Å².